The van der Waals surface area contributed by atoms with Crippen molar-refractivity contribution in [1.29, 1.82) is 0 Å². The van der Waals surface area contributed by atoms with Gasteiger partial charge in [-0.1, -0.05) is 64.3 Å². The zero-order valence-corrected chi connectivity index (χ0v) is 17.0. The van der Waals surface area contributed by atoms with E-state index < -0.39 is 0 Å². The Morgan fingerprint density at radius 1 is 1.35 bits per heavy atom. The van der Waals surface area contributed by atoms with E-state index in [1.807, 2.05) is 0 Å². The van der Waals surface area contributed by atoms with E-state index >= 15 is 0 Å². The van der Waals surface area contributed by atoms with Crippen LogP contribution in [0.1, 0.15) is 64.0 Å². The van der Waals surface area contributed by atoms with E-state index in [1.54, 1.807) is 0 Å². The minimum absolute atomic E-state index is 0.196. The van der Waals surface area contributed by atoms with Gasteiger partial charge in [-0.15, -0.1) is 0 Å². The maximum atomic E-state index is 11.3. The number of amides is 1. The van der Waals surface area contributed by atoms with Crippen molar-refractivity contribution >= 4 is 6.09 Å². The molecule has 0 spiro atoms. The molecule has 0 bridgehead atoms. The Labute approximate surface area is 159 Å². The first-order chi connectivity index (χ1) is 12.5. The molecule has 146 valence electrons. The lowest BCUT2D eigenvalue weighted by atomic mass is 9.68. The van der Waals surface area contributed by atoms with Crippen LogP contribution in [0.15, 0.2) is 24.3 Å². The molecule has 1 heterocycles. The van der Waals surface area contributed by atoms with Gasteiger partial charge in [-0.25, -0.2) is 4.79 Å². The number of hydrogen-bond donors (Lipinski definition) is 1. The highest BCUT2D eigenvalue weighted by Gasteiger charge is 2.37. The van der Waals surface area contributed by atoms with Crippen LogP contribution in [0.2, 0.25) is 0 Å². The molecule has 0 aliphatic carbocycles. The van der Waals surface area contributed by atoms with Crippen molar-refractivity contribution in [3.63, 3.8) is 0 Å². The fourth-order valence-corrected chi connectivity index (χ4v) is 3.99. The van der Waals surface area contributed by atoms with Crippen LogP contribution in [0.25, 0.3) is 0 Å². The summed E-state index contributed by atoms with van der Waals surface area (Å²) in [5.41, 5.74) is 2.71. The van der Waals surface area contributed by atoms with E-state index in [2.05, 4.69) is 60.0 Å². The van der Waals surface area contributed by atoms with Gasteiger partial charge in [0.1, 0.15) is 0 Å². The predicted octanol–water partition coefficient (Wildman–Crippen LogP) is 4.72. The maximum Gasteiger partial charge on any atom is 0.407 e. The molecular formula is C22H36N2O2. The third-order valence-corrected chi connectivity index (χ3v) is 6.10. The third kappa shape index (κ3) is 5.47. The van der Waals surface area contributed by atoms with Gasteiger partial charge in [-0.3, -0.25) is 0 Å². The van der Waals surface area contributed by atoms with Gasteiger partial charge in [0.25, 0.3) is 0 Å². The second-order valence-electron chi connectivity index (χ2n) is 7.98. The Bertz CT molecular complexity index is 575. The molecule has 2 rings (SSSR count). The number of benzene rings is 1. The number of hydrogen-bond acceptors (Lipinski definition) is 3. The number of carbonyl (C=O) groups is 1. The average Bonchev–Trinajstić information content (AvgIpc) is 2.66. The van der Waals surface area contributed by atoms with Gasteiger partial charge in [-0.2, -0.15) is 0 Å². The molecule has 1 aliphatic heterocycles. The molecule has 4 nitrogen and oxygen atoms in total. The van der Waals surface area contributed by atoms with Crippen LogP contribution in [0.3, 0.4) is 0 Å². The Morgan fingerprint density at radius 2 is 2.15 bits per heavy atom. The monoisotopic (exact) mass is 360 g/mol. The molecule has 4 heteroatoms. The number of ether oxygens (including phenoxy) is 1. The summed E-state index contributed by atoms with van der Waals surface area (Å²) in [4.78, 5) is 14.0. The zero-order chi connectivity index (χ0) is 19.0. The van der Waals surface area contributed by atoms with Crippen molar-refractivity contribution in [3.05, 3.63) is 35.4 Å². The molecule has 2 atom stereocenters. The first-order valence-electron chi connectivity index (χ1n) is 10.1. The summed E-state index contributed by atoms with van der Waals surface area (Å²) in [6, 6.07) is 8.67. The first-order valence-corrected chi connectivity index (χ1v) is 10.1. The number of nitrogens with one attached hydrogen (secondary N) is 1. The van der Waals surface area contributed by atoms with E-state index in [4.69, 9.17) is 0 Å². The van der Waals surface area contributed by atoms with E-state index in [-0.39, 0.29) is 11.5 Å². The van der Waals surface area contributed by atoms with Crippen LogP contribution in [0, 0.1) is 5.92 Å². The SMILES string of the molecule is CCCCCCN1CCC(C)(c2cccc(CNC(=O)OC)c2)C(C)C1. The highest BCUT2D eigenvalue weighted by Crippen LogP contribution is 2.39. The summed E-state index contributed by atoms with van der Waals surface area (Å²) in [5.74, 6) is 0.617. The lowest BCUT2D eigenvalue weighted by Gasteiger charge is -2.45. The van der Waals surface area contributed by atoms with Gasteiger partial charge in [0.05, 0.1) is 7.11 Å². The summed E-state index contributed by atoms with van der Waals surface area (Å²) in [6.45, 7) is 11.2. The topological polar surface area (TPSA) is 41.6 Å². The molecule has 1 aliphatic rings. The molecule has 0 radical (unpaired) electrons. The second-order valence-corrected chi connectivity index (χ2v) is 7.98. The fourth-order valence-electron chi connectivity index (χ4n) is 3.99. The van der Waals surface area contributed by atoms with Crippen LogP contribution in [-0.2, 0) is 16.7 Å². The normalized spacial score (nSPS) is 23.6. The number of nitrogens with zero attached hydrogens (tertiary/aromatic N) is 1. The minimum atomic E-state index is -0.383. The molecule has 1 aromatic rings. The molecule has 0 aromatic heterocycles. The average molecular weight is 361 g/mol. The van der Waals surface area contributed by atoms with Gasteiger partial charge in [0, 0.05) is 13.1 Å². The zero-order valence-electron chi connectivity index (χ0n) is 17.0. The summed E-state index contributed by atoms with van der Waals surface area (Å²) in [6.07, 6.45) is 6.14. The van der Waals surface area contributed by atoms with Gasteiger partial charge in [0.15, 0.2) is 0 Å². The summed E-state index contributed by atoms with van der Waals surface area (Å²) >= 11 is 0. The first kappa shape index (κ1) is 20.8. The molecule has 1 saturated heterocycles. The van der Waals surface area contributed by atoms with E-state index in [0.717, 1.165) is 5.56 Å². The fraction of sp³-hybridized carbons (Fsp3) is 0.682. The standard InChI is InChI=1S/C22H36N2O2/c1-5-6-7-8-13-24-14-12-22(3,18(2)17-24)20-11-9-10-19(15-20)16-23-21(25)26-4/h9-11,15,18H,5-8,12-14,16-17H2,1-4H3,(H,23,25). The molecule has 1 amide bonds. The quantitative estimate of drug-likeness (QED) is 0.682. The van der Waals surface area contributed by atoms with E-state index in [9.17, 15) is 4.79 Å². The van der Waals surface area contributed by atoms with Crippen molar-refractivity contribution in [3.8, 4) is 0 Å². The summed E-state index contributed by atoms with van der Waals surface area (Å²) in [7, 11) is 1.39. The number of rotatable bonds is 8. The Morgan fingerprint density at radius 3 is 2.85 bits per heavy atom. The van der Waals surface area contributed by atoms with Gasteiger partial charge >= 0.3 is 6.09 Å². The summed E-state index contributed by atoms with van der Waals surface area (Å²) in [5, 5.41) is 2.77. The van der Waals surface area contributed by atoms with Crippen LogP contribution in [-0.4, -0.2) is 37.7 Å². The van der Waals surface area contributed by atoms with Gasteiger partial charge < -0.3 is 15.0 Å². The van der Waals surface area contributed by atoms with Crippen LogP contribution >= 0.6 is 0 Å². The van der Waals surface area contributed by atoms with Gasteiger partial charge in [0.2, 0.25) is 0 Å². The highest BCUT2D eigenvalue weighted by molar-refractivity contribution is 5.66. The minimum Gasteiger partial charge on any atom is -0.453 e. The van der Waals surface area contributed by atoms with Crippen molar-refractivity contribution in [1.82, 2.24) is 10.2 Å². The van der Waals surface area contributed by atoms with E-state index in [0.29, 0.717) is 12.5 Å². The molecule has 26 heavy (non-hydrogen) atoms. The lowest BCUT2D eigenvalue weighted by Crippen LogP contribution is -2.47. The second kappa shape index (κ2) is 9.96. The molecular weight excluding hydrogens is 324 g/mol. The Hall–Kier alpha value is -1.55. The number of unbranched alkanes of at least 4 members (excludes halogenated alkanes) is 3. The van der Waals surface area contributed by atoms with Crippen molar-refractivity contribution in [2.24, 2.45) is 5.92 Å². The smallest absolute Gasteiger partial charge is 0.407 e. The predicted molar refractivity (Wildman–Crippen MR) is 107 cm³/mol. The largest absolute Gasteiger partial charge is 0.453 e. The number of likely N-dealkylation sites (tertiary alicyclic amines) is 1. The van der Waals surface area contributed by atoms with Crippen LogP contribution in [0.5, 0.6) is 0 Å². The number of carbonyl (C=O) groups excluding carboxylic acids is 1. The van der Waals surface area contributed by atoms with Crippen LogP contribution < -0.4 is 5.32 Å². The highest BCUT2D eigenvalue weighted by atomic mass is 16.5. The van der Waals surface area contributed by atoms with Crippen molar-refractivity contribution < 1.29 is 9.53 Å². The van der Waals surface area contributed by atoms with Crippen molar-refractivity contribution in [2.45, 2.75) is 64.8 Å². The van der Waals surface area contributed by atoms with Gasteiger partial charge in [-0.05, 0) is 48.4 Å². The number of methoxy groups -OCH3 is 1. The number of piperidine rings is 1. The third-order valence-electron chi connectivity index (χ3n) is 6.10. The Kier molecular flexibility index (Phi) is 7.95. The molecule has 0 saturated carbocycles. The molecule has 1 N–H and O–H groups in total. The van der Waals surface area contributed by atoms with Crippen molar-refractivity contribution in [2.75, 3.05) is 26.7 Å². The van der Waals surface area contributed by atoms with E-state index in [1.165, 1.54) is 64.4 Å². The maximum absolute atomic E-state index is 11.3. The van der Waals surface area contributed by atoms with Crippen LogP contribution in [0.4, 0.5) is 4.79 Å². The molecule has 1 fully saturated rings. The summed E-state index contributed by atoms with van der Waals surface area (Å²) < 4.78 is 4.66. The molecule has 1 aromatic carbocycles. The number of alkyl carbamates (subject to hydrolysis) is 1. The lowest BCUT2D eigenvalue weighted by molar-refractivity contribution is 0.109. The molecule has 2 unspecified atom stereocenters. The Balaban J connectivity index is 1.96.